The van der Waals surface area contributed by atoms with Crippen LogP contribution in [-0.4, -0.2) is 30.4 Å². The highest BCUT2D eigenvalue weighted by molar-refractivity contribution is 5.80. The van der Waals surface area contributed by atoms with Crippen LogP contribution in [0.15, 0.2) is 34.7 Å². The Hall–Kier alpha value is -1.81. The van der Waals surface area contributed by atoms with E-state index in [4.69, 9.17) is 4.42 Å². The Morgan fingerprint density at radius 2 is 2.10 bits per heavy atom. The Balaban J connectivity index is 1.62. The minimum atomic E-state index is -0.0995. The predicted molar refractivity (Wildman–Crippen MR) is 78.4 cm³/mol. The van der Waals surface area contributed by atoms with E-state index >= 15 is 0 Å². The second-order valence-corrected chi connectivity index (χ2v) is 5.46. The fourth-order valence-corrected chi connectivity index (χ4v) is 2.72. The summed E-state index contributed by atoms with van der Waals surface area (Å²) in [6.07, 6.45) is 2.40. The molecule has 3 rings (SSSR count). The molecule has 1 aliphatic heterocycles. The van der Waals surface area contributed by atoms with Crippen molar-refractivity contribution in [3.05, 3.63) is 36.1 Å². The lowest BCUT2D eigenvalue weighted by Gasteiger charge is -2.16. The number of hydrogen-bond acceptors (Lipinski definition) is 3. The highest BCUT2D eigenvalue weighted by Crippen LogP contribution is 2.23. The molecule has 1 fully saturated rings. The van der Waals surface area contributed by atoms with E-state index in [9.17, 15) is 4.79 Å². The van der Waals surface area contributed by atoms with Crippen LogP contribution in [0.5, 0.6) is 0 Å². The molecule has 0 bridgehead atoms. The van der Waals surface area contributed by atoms with Gasteiger partial charge in [-0.25, -0.2) is 0 Å². The summed E-state index contributed by atoms with van der Waals surface area (Å²) in [5.74, 6) is 0.876. The number of hydrogen-bond donors (Lipinski definition) is 1. The van der Waals surface area contributed by atoms with E-state index in [1.54, 1.807) is 0 Å². The van der Waals surface area contributed by atoms with Crippen LogP contribution in [0.2, 0.25) is 0 Å². The summed E-state index contributed by atoms with van der Waals surface area (Å²) in [6.45, 7) is 4.52. The van der Waals surface area contributed by atoms with Crippen LogP contribution in [0.1, 0.15) is 31.6 Å². The second-order valence-electron chi connectivity index (χ2n) is 5.46. The van der Waals surface area contributed by atoms with E-state index in [0.29, 0.717) is 6.54 Å². The molecular formula is C16H20N2O2. The Labute approximate surface area is 118 Å². The zero-order valence-electron chi connectivity index (χ0n) is 11.8. The van der Waals surface area contributed by atoms with Gasteiger partial charge in [-0.1, -0.05) is 18.2 Å². The lowest BCUT2D eigenvalue weighted by Crippen LogP contribution is -2.36. The second kappa shape index (κ2) is 5.67. The molecule has 1 amide bonds. The van der Waals surface area contributed by atoms with Gasteiger partial charge in [-0.05, 0) is 45.0 Å². The summed E-state index contributed by atoms with van der Waals surface area (Å²) in [5, 5.41) is 4.08. The molecule has 1 aliphatic rings. The van der Waals surface area contributed by atoms with Gasteiger partial charge in [-0.3, -0.25) is 9.69 Å². The largest absolute Gasteiger partial charge is 0.459 e. The van der Waals surface area contributed by atoms with E-state index in [1.807, 2.05) is 37.3 Å². The summed E-state index contributed by atoms with van der Waals surface area (Å²) in [7, 11) is 0. The van der Waals surface area contributed by atoms with Crippen LogP contribution in [0.4, 0.5) is 0 Å². The van der Waals surface area contributed by atoms with Gasteiger partial charge in [0.05, 0.1) is 12.6 Å². The van der Waals surface area contributed by atoms with E-state index in [-0.39, 0.29) is 11.9 Å². The topological polar surface area (TPSA) is 45.5 Å². The lowest BCUT2D eigenvalue weighted by atomic mass is 10.2. The molecule has 0 spiro atoms. The van der Waals surface area contributed by atoms with E-state index in [0.717, 1.165) is 29.8 Å². The highest BCUT2D eigenvalue weighted by atomic mass is 16.3. The Morgan fingerprint density at radius 1 is 1.35 bits per heavy atom. The van der Waals surface area contributed by atoms with Crippen molar-refractivity contribution in [3.63, 3.8) is 0 Å². The SMILES string of the molecule is C[C@@H](NC(=O)CN1CCCC1)c1cc2ccccc2o1. The molecule has 0 saturated carbocycles. The van der Waals surface area contributed by atoms with Crippen molar-refractivity contribution in [2.24, 2.45) is 0 Å². The quantitative estimate of drug-likeness (QED) is 0.930. The van der Waals surface area contributed by atoms with Gasteiger partial charge in [0, 0.05) is 5.39 Å². The first-order chi connectivity index (χ1) is 9.72. The zero-order chi connectivity index (χ0) is 13.9. The van der Waals surface area contributed by atoms with Crippen LogP contribution < -0.4 is 5.32 Å². The maximum atomic E-state index is 12.0. The Bertz CT molecular complexity index is 566. The molecule has 1 aromatic carbocycles. The zero-order valence-corrected chi connectivity index (χ0v) is 11.8. The number of likely N-dealkylation sites (tertiary alicyclic amines) is 1. The smallest absolute Gasteiger partial charge is 0.234 e. The van der Waals surface area contributed by atoms with Crippen molar-refractivity contribution in [3.8, 4) is 0 Å². The maximum Gasteiger partial charge on any atom is 0.234 e. The fraction of sp³-hybridized carbons (Fsp3) is 0.438. The summed E-state index contributed by atoms with van der Waals surface area (Å²) in [6, 6.07) is 9.79. The molecule has 0 unspecified atom stereocenters. The average Bonchev–Trinajstić information content (AvgIpc) is 3.06. The monoisotopic (exact) mass is 272 g/mol. The Kier molecular flexibility index (Phi) is 3.74. The molecule has 1 aromatic heterocycles. The van der Waals surface area contributed by atoms with Gasteiger partial charge in [-0.15, -0.1) is 0 Å². The first-order valence-electron chi connectivity index (χ1n) is 7.22. The third-order valence-electron chi connectivity index (χ3n) is 3.81. The van der Waals surface area contributed by atoms with Crippen molar-refractivity contribution in [1.82, 2.24) is 10.2 Å². The standard InChI is InChI=1S/C16H20N2O2/c1-12(17-16(19)11-18-8-4-5-9-18)15-10-13-6-2-3-7-14(13)20-15/h2-3,6-7,10,12H,4-5,8-9,11H2,1H3,(H,17,19)/t12-/m1/s1. The number of carbonyl (C=O) groups is 1. The summed E-state index contributed by atoms with van der Waals surface area (Å²) >= 11 is 0. The molecule has 0 radical (unpaired) electrons. The van der Waals surface area contributed by atoms with Gasteiger partial charge in [0.1, 0.15) is 11.3 Å². The highest BCUT2D eigenvalue weighted by Gasteiger charge is 2.18. The molecule has 4 heteroatoms. The molecule has 2 heterocycles. The normalized spacial score (nSPS) is 17.4. The van der Waals surface area contributed by atoms with Crippen LogP contribution in [-0.2, 0) is 4.79 Å². The van der Waals surface area contributed by atoms with Gasteiger partial charge >= 0.3 is 0 Å². The summed E-state index contributed by atoms with van der Waals surface area (Å²) in [4.78, 5) is 14.2. The molecule has 1 saturated heterocycles. The number of amides is 1. The van der Waals surface area contributed by atoms with Crippen molar-refractivity contribution >= 4 is 16.9 Å². The van der Waals surface area contributed by atoms with Crippen molar-refractivity contribution in [2.75, 3.05) is 19.6 Å². The van der Waals surface area contributed by atoms with Crippen LogP contribution in [0, 0.1) is 0 Å². The number of nitrogens with zero attached hydrogens (tertiary/aromatic N) is 1. The number of fused-ring (bicyclic) bond motifs is 1. The third kappa shape index (κ3) is 2.85. The van der Waals surface area contributed by atoms with Gasteiger partial charge in [-0.2, -0.15) is 0 Å². The number of rotatable bonds is 4. The number of carbonyl (C=O) groups excluding carboxylic acids is 1. The summed E-state index contributed by atoms with van der Waals surface area (Å²) < 4.78 is 5.77. The number of benzene rings is 1. The molecule has 1 N–H and O–H groups in total. The lowest BCUT2D eigenvalue weighted by molar-refractivity contribution is -0.122. The predicted octanol–water partition coefficient (Wildman–Crippen LogP) is 2.71. The van der Waals surface area contributed by atoms with Crippen LogP contribution in [0.3, 0.4) is 0 Å². The minimum absolute atomic E-state index is 0.0693. The van der Waals surface area contributed by atoms with Crippen molar-refractivity contribution < 1.29 is 9.21 Å². The number of furan rings is 1. The molecule has 20 heavy (non-hydrogen) atoms. The number of para-hydroxylation sites is 1. The number of nitrogens with one attached hydrogen (secondary N) is 1. The van der Waals surface area contributed by atoms with Gasteiger partial charge < -0.3 is 9.73 Å². The Morgan fingerprint density at radius 3 is 2.85 bits per heavy atom. The van der Waals surface area contributed by atoms with Gasteiger partial charge in [0.15, 0.2) is 0 Å². The minimum Gasteiger partial charge on any atom is -0.459 e. The first kappa shape index (κ1) is 13.2. The molecule has 4 nitrogen and oxygen atoms in total. The van der Waals surface area contributed by atoms with E-state index in [1.165, 1.54) is 12.8 Å². The molecule has 1 atom stereocenters. The molecule has 2 aromatic rings. The van der Waals surface area contributed by atoms with E-state index in [2.05, 4.69) is 10.2 Å². The van der Waals surface area contributed by atoms with E-state index < -0.39 is 0 Å². The average molecular weight is 272 g/mol. The third-order valence-corrected chi connectivity index (χ3v) is 3.81. The summed E-state index contributed by atoms with van der Waals surface area (Å²) in [5.41, 5.74) is 0.864. The van der Waals surface area contributed by atoms with Crippen LogP contribution >= 0.6 is 0 Å². The van der Waals surface area contributed by atoms with Crippen molar-refractivity contribution in [2.45, 2.75) is 25.8 Å². The fourth-order valence-electron chi connectivity index (χ4n) is 2.72. The molecule has 0 aliphatic carbocycles. The van der Waals surface area contributed by atoms with Crippen LogP contribution in [0.25, 0.3) is 11.0 Å². The van der Waals surface area contributed by atoms with Gasteiger partial charge in [0.2, 0.25) is 5.91 Å². The molecule has 106 valence electrons. The maximum absolute atomic E-state index is 12.0. The van der Waals surface area contributed by atoms with Gasteiger partial charge in [0.25, 0.3) is 0 Å². The molecular weight excluding hydrogens is 252 g/mol. The first-order valence-corrected chi connectivity index (χ1v) is 7.22. The van der Waals surface area contributed by atoms with Crippen molar-refractivity contribution in [1.29, 1.82) is 0 Å².